The number of fused-ring (bicyclic) bond motifs is 1. The predicted molar refractivity (Wildman–Crippen MR) is 69.1 cm³/mol. The van der Waals surface area contributed by atoms with Crippen molar-refractivity contribution in [1.82, 2.24) is 19.5 Å². The van der Waals surface area contributed by atoms with Crippen molar-refractivity contribution in [3.63, 3.8) is 0 Å². The first-order valence-corrected chi connectivity index (χ1v) is 5.89. The van der Waals surface area contributed by atoms with Gasteiger partial charge in [-0.15, -0.1) is 0 Å². The minimum atomic E-state index is -0.468. The highest BCUT2D eigenvalue weighted by atomic mass is 16.3. The van der Waals surface area contributed by atoms with Gasteiger partial charge in [0.2, 0.25) is 0 Å². The number of nitrogens with zero attached hydrogens (tertiary/aromatic N) is 2. The Hall–Kier alpha value is -2.57. The second kappa shape index (κ2) is 3.98. The molecule has 0 aliphatic heterocycles. The van der Waals surface area contributed by atoms with Gasteiger partial charge in [0.15, 0.2) is 5.65 Å². The third-order valence-corrected chi connectivity index (χ3v) is 3.06. The maximum Gasteiger partial charge on any atom is 0.330 e. The van der Waals surface area contributed by atoms with Crippen LogP contribution in [0, 0.1) is 6.92 Å². The van der Waals surface area contributed by atoms with E-state index in [9.17, 15) is 9.59 Å². The van der Waals surface area contributed by atoms with Crippen molar-refractivity contribution in [2.45, 2.75) is 20.4 Å². The lowest BCUT2D eigenvalue weighted by Gasteiger charge is -1.99. The van der Waals surface area contributed by atoms with Crippen molar-refractivity contribution >= 4 is 11.2 Å². The largest absolute Gasteiger partial charge is 0.469 e. The molecule has 0 saturated heterocycles. The third kappa shape index (κ3) is 1.62. The zero-order valence-electron chi connectivity index (χ0n) is 10.5. The van der Waals surface area contributed by atoms with Gasteiger partial charge < -0.3 is 9.40 Å². The predicted octanol–water partition coefficient (Wildman–Crippen LogP) is 1.00. The van der Waals surface area contributed by atoms with E-state index in [1.165, 1.54) is 4.57 Å². The van der Waals surface area contributed by atoms with Gasteiger partial charge in [0.25, 0.3) is 5.56 Å². The summed E-state index contributed by atoms with van der Waals surface area (Å²) in [6.07, 6.45) is 1.55. The number of hydrogen-bond donors (Lipinski definition) is 2. The van der Waals surface area contributed by atoms with Gasteiger partial charge in [-0.1, -0.05) is 0 Å². The van der Waals surface area contributed by atoms with Crippen LogP contribution in [0.3, 0.4) is 0 Å². The fourth-order valence-electron chi connectivity index (χ4n) is 2.09. The first-order chi connectivity index (χ1) is 9.11. The van der Waals surface area contributed by atoms with E-state index in [-0.39, 0.29) is 5.52 Å². The van der Waals surface area contributed by atoms with Crippen LogP contribution in [0.4, 0.5) is 0 Å². The van der Waals surface area contributed by atoms with E-state index in [1.807, 2.05) is 6.92 Å². The van der Waals surface area contributed by atoms with Crippen LogP contribution < -0.4 is 11.2 Å². The van der Waals surface area contributed by atoms with Crippen LogP contribution in [0.1, 0.15) is 12.7 Å². The van der Waals surface area contributed by atoms with Gasteiger partial charge in [-0.05, 0) is 19.9 Å². The number of furan rings is 1. The van der Waals surface area contributed by atoms with E-state index in [2.05, 4.69) is 15.0 Å². The lowest BCUT2D eigenvalue weighted by Crippen LogP contribution is -2.29. The van der Waals surface area contributed by atoms with Gasteiger partial charge in [-0.2, -0.15) is 0 Å². The van der Waals surface area contributed by atoms with Crippen LogP contribution in [-0.4, -0.2) is 19.5 Å². The van der Waals surface area contributed by atoms with Crippen molar-refractivity contribution in [2.24, 2.45) is 0 Å². The standard InChI is InChI=1S/C12H12N4O3/c1-3-16-10-8(11(17)15-12(16)18)13-9(14-10)7-4-5-19-6(7)2/h4-5H,3H2,1-2H3,(H,13,14)(H,15,17,18). The molecule has 3 aromatic rings. The molecule has 0 aliphatic carbocycles. The van der Waals surface area contributed by atoms with E-state index in [1.54, 1.807) is 19.3 Å². The molecule has 0 atom stereocenters. The molecule has 3 rings (SSSR count). The first-order valence-electron chi connectivity index (χ1n) is 5.89. The summed E-state index contributed by atoms with van der Waals surface area (Å²) in [6, 6.07) is 1.76. The Balaban J connectivity index is 2.38. The molecule has 0 bridgehead atoms. The number of aromatic amines is 2. The molecule has 0 spiro atoms. The number of H-pyrrole nitrogens is 2. The van der Waals surface area contributed by atoms with Crippen LogP contribution in [0.2, 0.25) is 0 Å². The fourth-order valence-corrected chi connectivity index (χ4v) is 2.09. The minimum Gasteiger partial charge on any atom is -0.469 e. The molecule has 3 heterocycles. The topological polar surface area (TPSA) is 96.7 Å². The molecule has 0 amide bonds. The summed E-state index contributed by atoms with van der Waals surface area (Å²) in [6.45, 7) is 4.05. The Labute approximate surface area is 106 Å². The highest BCUT2D eigenvalue weighted by Crippen LogP contribution is 2.22. The van der Waals surface area contributed by atoms with Crippen molar-refractivity contribution in [1.29, 1.82) is 0 Å². The SMILES string of the molecule is CCn1c(=O)[nH]c(=O)c2[nH]c(-c3ccoc3C)nc21. The summed E-state index contributed by atoms with van der Waals surface area (Å²) in [5, 5.41) is 0. The molecule has 2 N–H and O–H groups in total. The monoisotopic (exact) mass is 260 g/mol. The van der Waals surface area contributed by atoms with Crippen LogP contribution in [0.15, 0.2) is 26.3 Å². The number of rotatable bonds is 2. The Morgan fingerprint density at radius 2 is 2.16 bits per heavy atom. The molecule has 0 radical (unpaired) electrons. The number of nitrogens with one attached hydrogen (secondary N) is 2. The van der Waals surface area contributed by atoms with Crippen molar-refractivity contribution in [2.75, 3.05) is 0 Å². The Morgan fingerprint density at radius 3 is 2.79 bits per heavy atom. The molecule has 0 unspecified atom stereocenters. The summed E-state index contributed by atoms with van der Waals surface area (Å²) in [5.74, 6) is 1.21. The van der Waals surface area contributed by atoms with Crippen LogP contribution in [0.25, 0.3) is 22.6 Å². The molecule has 3 aromatic heterocycles. The lowest BCUT2D eigenvalue weighted by atomic mass is 10.2. The van der Waals surface area contributed by atoms with E-state index in [0.29, 0.717) is 23.8 Å². The van der Waals surface area contributed by atoms with Crippen LogP contribution in [0.5, 0.6) is 0 Å². The molecule has 19 heavy (non-hydrogen) atoms. The average molecular weight is 260 g/mol. The van der Waals surface area contributed by atoms with Crippen molar-refractivity contribution in [3.8, 4) is 11.4 Å². The smallest absolute Gasteiger partial charge is 0.330 e. The van der Waals surface area contributed by atoms with E-state index >= 15 is 0 Å². The van der Waals surface area contributed by atoms with Crippen LogP contribution >= 0.6 is 0 Å². The van der Waals surface area contributed by atoms with Gasteiger partial charge in [-0.3, -0.25) is 14.3 Å². The first kappa shape index (κ1) is 11.5. The molecule has 0 fully saturated rings. The van der Waals surface area contributed by atoms with Gasteiger partial charge in [0, 0.05) is 6.54 Å². The van der Waals surface area contributed by atoms with E-state index < -0.39 is 11.2 Å². The molecular formula is C12H12N4O3. The van der Waals surface area contributed by atoms with E-state index in [4.69, 9.17) is 4.42 Å². The third-order valence-electron chi connectivity index (χ3n) is 3.06. The highest BCUT2D eigenvalue weighted by Gasteiger charge is 2.15. The zero-order chi connectivity index (χ0) is 13.6. The summed E-state index contributed by atoms with van der Waals surface area (Å²) < 4.78 is 6.62. The molecule has 0 aromatic carbocycles. The molecule has 98 valence electrons. The lowest BCUT2D eigenvalue weighted by molar-refractivity contribution is 0.535. The van der Waals surface area contributed by atoms with Gasteiger partial charge in [0.05, 0.1) is 11.8 Å². The number of aryl methyl sites for hydroxylation is 2. The highest BCUT2D eigenvalue weighted by molar-refractivity contribution is 5.75. The Morgan fingerprint density at radius 1 is 1.37 bits per heavy atom. The Bertz CT molecular complexity index is 865. The maximum absolute atomic E-state index is 11.8. The maximum atomic E-state index is 11.8. The molecule has 7 heteroatoms. The Kier molecular flexibility index (Phi) is 2.41. The number of aromatic nitrogens is 4. The van der Waals surface area contributed by atoms with Crippen LogP contribution in [-0.2, 0) is 6.54 Å². The van der Waals surface area contributed by atoms with Gasteiger partial charge >= 0.3 is 5.69 Å². The van der Waals surface area contributed by atoms with Crippen molar-refractivity contribution in [3.05, 3.63) is 38.9 Å². The van der Waals surface area contributed by atoms with Gasteiger partial charge in [0.1, 0.15) is 17.1 Å². The summed E-state index contributed by atoms with van der Waals surface area (Å²) in [5.41, 5.74) is 0.487. The summed E-state index contributed by atoms with van der Waals surface area (Å²) in [4.78, 5) is 33.0. The van der Waals surface area contributed by atoms with Crippen molar-refractivity contribution < 1.29 is 4.42 Å². The molecule has 0 aliphatic rings. The molecule has 0 saturated carbocycles. The minimum absolute atomic E-state index is 0.289. The average Bonchev–Trinajstić information content (AvgIpc) is 2.95. The normalized spacial score (nSPS) is 11.3. The number of imidazole rings is 1. The zero-order valence-corrected chi connectivity index (χ0v) is 10.5. The van der Waals surface area contributed by atoms with E-state index in [0.717, 1.165) is 5.56 Å². The summed E-state index contributed by atoms with van der Waals surface area (Å²) >= 11 is 0. The second-order valence-electron chi connectivity index (χ2n) is 4.18. The van der Waals surface area contributed by atoms with Gasteiger partial charge in [-0.25, -0.2) is 9.78 Å². The quantitative estimate of drug-likeness (QED) is 0.718. The summed E-state index contributed by atoms with van der Waals surface area (Å²) in [7, 11) is 0. The molecular weight excluding hydrogens is 248 g/mol. The second-order valence-corrected chi connectivity index (χ2v) is 4.18. The molecule has 7 nitrogen and oxygen atoms in total. The number of hydrogen-bond acceptors (Lipinski definition) is 4. The fraction of sp³-hybridized carbons (Fsp3) is 0.250.